The summed E-state index contributed by atoms with van der Waals surface area (Å²) < 4.78 is 90.2. The molecule has 0 saturated heterocycles. The van der Waals surface area contributed by atoms with Crippen LogP contribution in [0.3, 0.4) is 0 Å². The first-order valence-corrected chi connectivity index (χ1v) is 8.96. The van der Waals surface area contributed by atoms with Gasteiger partial charge in [-0.05, 0) is 18.2 Å². The number of aliphatic imine (C=N–C) groups is 1. The SMILES string of the molecule is O=S=Nc1cc(C(=O)c2ccccc2)ccc1N=CC(C(=O)C(F)(F)F)=C(O)C(F)(F)F. The van der Waals surface area contributed by atoms with Crippen molar-refractivity contribution >= 4 is 40.6 Å². The zero-order valence-corrected chi connectivity index (χ0v) is 16.3. The fraction of sp³-hybridized carbons (Fsp3) is 0.105. The average molecular weight is 476 g/mol. The van der Waals surface area contributed by atoms with E-state index < -0.39 is 40.9 Å². The number of carbonyl (C=O) groups is 2. The van der Waals surface area contributed by atoms with Gasteiger partial charge in [-0.2, -0.15) is 34.9 Å². The Morgan fingerprint density at radius 2 is 1.50 bits per heavy atom. The monoisotopic (exact) mass is 476 g/mol. The first-order valence-electron chi connectivity index (χ1n) is 8.26. The van der Waals surface area contributed by atoms with Crippen molar-refractivity contribution in [3.63, 3.8) is 0 Å². The summed E-state index contributed by atoms with van der Waals surface area (Å²) in [5, 5.41) is 9.09. The van der Waals surface area contributed by atoms with Gasteiger partial charge in [0.25, 0.3) is 5.78 Å². The number of Topliss-reactive ketones (excluding diaryl/α,β-unsaturated/α-hetero) is 1. The lowest BCUT2D eigenvalue weighted by molar-refractivity contribution is -0.167. The molecule has 2 aromatic carbocycles. The molecular weight excluding hydrogens is 466 g/mol. The van der Waals surface area contributed by atoms with Crippen LogP contribution in [-0.4, -0.2) is 39.4 Å². The van der Waals surface area contributed by atoms with Gasteiger partial charge < -0.3 is 5.11 Å². The van der Waals surface area contributed by atoms with Gasteiger partial charge >= 0.3 is 12.4 Å². The van der Waals surface area contributed by atoms with E-state index in [-0.39, 0.29) is 34.5 Å². The highest BCUT2D eigenvalue weighted by atomic mass is 32.1. The summed E-state index contributed by atoms with van der Waals surface area (Å²) in [5.41, 5.74) is -2.67. The van der Waals surface area contributed by atoms with E-state index in [1.54, 1.807) is 18.2 Å². The number of benzene rings is 2. The molecule has 0 aliphatic heterocycles. The Morgan fingerprint density at radius 1 is 0.875 bits per heavy atom. The molecule has 2 rings (SSSR count). The first-order chi connectivity index (χ1) is 14.9. The van der Waals surface area contributed by atoms with E-state index in [0.717, 1.165) is 18.2 Å². The molecule has 0 aromatic heterocycles. The van der Waals surface area contributed by atoms with Crippen LogP contribution in [0, 0.1) is 0 Å². The molecule has 0 radical (unpaired) electrons. The van der Waals surface area contributed by atoms with E-state index in [4.69, 9.17) is 5.11 Å². The summed E-state index contributed by atoms with van der Waals surface area (Å²) in [6, 6.07) is 11.0. The minimum absolute atomic E-state index is 0.00298. The van der Waals surface area contributed by atoms with Crippen molar-refractivity contribution in [1.29, 1.82) is 0 Å². The van der Waals surface area contributed by atoms with Crippen LogP contribution in [0.2, 0.25) is 0 Å². The molecule has 0 bridgehead atoms. The number of carbonyl (C=O) groups excluding carboxylic acids is 2. The molecule has 1 N–H and O–H groups in total. The number of hydrogen-bond donors (Lipinski definition) is 1. The number of ketones is 2. The summed E-state index contributed by atoms with van der Waals surface area (Å²) in [5.74, 6) is -6.28. The van der Waals surface area contributed by atoms with Crippen molar-refractivity contribution in [3.05, 3.63) is 71.0 Å². The predicted molar refractivity (Wildman–Crippen MR) is 101 cm³/mol. The van der Waals surface area contributed by atoms with Crippen LogP contribution in [-0.2, 0) is 16.3 Å². The van der Waals surface area contributed by atoms with E-state index in [0.29, 0.717) is 0 Å². The van der Waals surface area contributed by atoms with Crippen LogP contribution < -0.4 is 0 Å². The second-order valence-electron chi connectivity index (χ2n) is 5.91. The van der Waals surface area contributed by atoms with Crippen molar-refractivity contribution in [2.75, 3.05) is 0 Å². The van der Waals surface area contributed by atoms with Gasteiger partial charge in [0.15, 0.2) is 5.78 Å². The van der Waals surface area contributed by atoms with E-state index in [1.807, 2.05) is 0 Å². The van der Waals surface area contributed by atoms with E-state index in [9.17, 15) is 40.1 Å². The average Bonchev–Trinajstić information content (AvgIpc) is 2.73. The minimum Gasteiger partial charge on any atom is -0.504 e. The van der Waals surface area contributed by atoms with Gasteiger partial charge in [-0.25, -0.2) is 0 Å². The van der Waals surface area contributed by atoms with Crippen molar-refractivity contribution in [2.45, 2.75) is 12.4 Å². The molecular formula is C19H10F6N2O4S. The maximum absolute atomic E-state index is 12.7. The molecule has 0 atom stereocenters. The number of aliphatic hydroxyl groups is 1. The van der Waals surface area contributed by atoms with Crippen LogP contribution in [0.5, 0.6) is 0 Å². The second-order valence-corrected chi connectivity index (χ2v) is 6.24. The highest BCUT2D eigenvalue weighted by Gasteiger charge is 2.46. The van der Waals surface area contributed by atoms with Gasteiger partial charge in [0.1, 0.15) is 5.69 Å². The molecule has 0 fully saturated rings. The van der Waals surface area contributed by atoms with Gasteiger partial charge in [-0.15, -0.1) is 0 Å². The second kappa shape index (κ2) is 9.68. The highest BCUT2D eigenvalue weighted by molar-refractivity contribution is 7.54. The van der Waals surface area contributed by atoms with E-state index in [2.05, 4.69) is 9.36 Å². The van der Waals surface area contributed by atoms with Gasteiger partial charge in [-0.3, -0.25) is 14.6 Å². The topological polar surface area (TPSA) is 96.2 Å². The normalized spacial score (nSPS) is 12.9. The molecule has 6 nitrogen and oxygen atoms in total. The third kappa shape index (κ3) is 5.97. The Bertz CT molecular complexity index is 1150. The minimum atomic E-state index is -5.73. The number of nitrogens with zero attached hydrogens (tertiary/aromatic N) is 2. The Kier molecular flexibility index (Phi) is 7.46. The number of hydrogen-bond acceptors (Lipinski definition) is 6. The zero-order valence-electron chi connectivity index (χ0n) is 15.4. The molecule has 0 unspecified atom stereocenters. The van der Waals surface area contributed by atoms with Gasteiger partial charge in [0, 0.05) is 17.3 Å². The van der Waals surface area contributed by atoms with Crippen molar-refractivity contribution in [1.82, 2.24) is 0 Å². The van der Waals surface area contributed by atoms with Crippen LogP contribution in [0.1, 0.15) is 15.9 Å². The van der Waals surface area contributed by atoms with Gasteiger partial charge in [0.05, 0.1) is 11.3 Å². The van der Waals surface area contributed by atoms with E-state index in [1.165, 1.54) is 12.1 Å². The maximum atomic E-state index is 12.7. The first kappa shape index (κ1) is 24.7. The van der Waals surface area contributed by atoms with Gasteiger partial charge in [0.2, 0.25) is 17.2 Å². The Labute approximate surface area is 179 Å². The molecule has 0 amide bonds. The predicted octanol–water partition coefficient (Wildman–Crippen LogP) is 5.15. The number of halogens is 6. The number of alkyl halides is 6. The molecule has 13 heteroatoms. The highest BCUT2D eigenvalue weighted by Crippen LogP contribution is 2.32. The van der Waals surface area contributed by atoms with Gasteiger partial charge in [-0.1, -0.05) is 30.3 Å². The summed E-state index contributed by atoms with van der Waals surface area (Å²) >= 11 is -0.358. The Balaban J connectivity index is 2.55. The summed E-state index contributed by atoms with van der Waals surface area (Å²) in [7, 11) is 0. The lowest BCUT2D eigenvalue weighted by Crippen LogP contribution is -2.29. The number of rotatable bonds is 6. The fourth-order valence-corrected chi connectivity index (χ4v) is 2.54. The quantitative estimate of drug-likeness (QED) is 0.205. The van der Waals surface area contributed by atoms with Crippen molar-refractivity contribution < 1.29 is 45.2 Å². The molecule has 32 heavy (non-hydrogen) atoms. The van der Waals surface area contributed by atoms with E-state index >= 15 is 0 Å². The van der Waals surface area contributed by atoms with Crippen LogP contribution >= 0.6 is 0 Å². The Hall–Kier alpha value is -3.61. The molecule has 0 saturated carbocycles. The summed E-state index contributed by atoms with van der Waals surface area (Å²) in [6.07, 6.45) is -11.5. The zero-order chi connectivity index (χ0) is 24.1. The number of allylic oxidation sites excluding steroid dienone is 2. The molecule has 0 spiro atoms. The van der Waals surface area contributed by atoms with Crippen LogP contribution in [0.25, 0.3) is 0 Å². The largest absolute Gasteiger partial charge is 0.504 e. The molecule has 2 aromatic rings. The summed E-state index contributed by atoms with van der Waals surface area (Å²) in [6.45, 7) is 0. The summed E-state index contributed by atoms with van der Waals surface area (Å²) in [4.78, 5) is 27.2. The smallest absolute Gasteiger partial charge is 0.455 e. The maximum Gasteiger partial charge on any atom is 0.455 e. The fourth-order valence-electron chi connectivity index (χ4n) is 2.31. The van der Waals surface area contributed by atoms with Crippen molar-refractivity contribution in [3.8, 4) is 0 Å². The van der Waals surface area contributed by atoms with Crippen LogP contribution in [0.15, 0.2) is 69.2 Å². The lowest BCUT2D eigenvalue weighted by atomic mass is 10.0. The molecule has 0 aliphatic carbocycles. The third-order valence-electron chi connectivity index (χ3n) is 3.77. The van der Waals surface area contributed by atoms with Crippen molar-refractivity contribution in [2.24, 2.45) is 9.36 Å². The molecule has 168 valence electrons. The van der Waals surface area contributed by atoms with Crippen LogP contribution in [0.4, 0.5) is 37.7 Å². The third-order valence-corrected chi connectivity index (χ3v) is 4.04. The molecule has 0 heterocycles. The Morgan fingerprint density at radius 3 is 2.03 bits per heavy atom. The number of aliphatic hydroxyl groups excluding tert-OH is 1. The molecule has 0 aliphatic rings. The standard InChI is InChI=1S/C19H10F6N2O4S/c20-18(21,22)16(29)12(17(30)19(23,24)25)9-26-13-7-6-11(8-14(13)27-32-31)15(28)10-4-2-1-3-5-10/h1-9,29H. The lowest BCUT2D eigenvalue weighted by Gasteiger charge is -2.11.